The van der Waals surface area contributed by atoms with Gasteiger partial charge in [-0.15, -0.1) is 5.10 Å². The smallest absolute Gasteiger partial charge is 0.453 e. The lowest BCUT2D eigenvalue weighted by molar-refractivity contribution is -0.144. The number of carbonyl (C=O) groups is 1. The van der Waals surface area contributed by atoms with Crippen molar-refractivity contribution < 1.29 is 23.1 Å². The van der Waals surface area contributed by atoms with E-state index >= 15 is 0 Å². The molecule has 0 bridgehead atoms. The van der Waals surface area contributed by atoms with Crippen molar-refractivity contribution in [2.75, 3.05) is 5.32 Å². The molecule has 1 heterocycles. The molecule has 0 unspecified atom stereocenters. The molecule has 2 aromatic rings. The number of aromatic hydroxyl groups is 1. The van der Waals surface area contributed by atoms with Crippen LogP contribution in [0.25, 0.3) is 0 Å². The zero-order valence-corrected chi connectivity index (χ0v) is 10.1. The Hall–Kier alpha value is -2.58. The molecule has 0 saturated carbocycles. The Bertz CT molecular complexity index is 651. The van der Waals surface area contributed by atoms with Gasteiger partial charge in [-0.25, -0.2) is 4.68 Å². The van der Waals surface area contributed by atoms with E-state index in [0.717, 1.165) is 4.68 Å². The number of rotatable bonds is 2. The minimum absolute atomic E-state index is 0.0796. The van der Waals surface area contributed by atoms with E-state index in [1.54, 1.807) is 0 Å². The first kappa shape index (κ1) is 13.8. The van der Waals surface area contributed by atoms with Gasteiger partial charge in [-0.1, -0.05) is 12.1 Å². The van der Waals surface area contributed by atoms with Crippen molar-refractivity contribution in [1.29, 1.82) is 0 Å². The first-order valence-corrected chi connectivity index (χ1v) is 5.36. The van der Waals surface area contributed by atoms with Crippen LogP contribution in [0.1, 0.15) is 16.2 Å². The van der Waals surface area contributed by atoms with Crippen LogP contribution in [0.2, 0.25) is 0 Å². The van der Waals surface area contributed by atoms with Crippen molar-refractivity contribution in [2.45, 2.75) is 6.18 Å². The van der Waals surface area contributed by atoms with Crippen molar-refractivity contribution in [1.82, 2.24) is 14.8 Å². The fraction of sp³-hybridized carbons (Fsp3) is 0.182. The van der Waals surface area contributed by atoms with Gasteiger partial charge in [0, 0.05) is 7.05 Å². The standard InChI is InChI=1S/C11H9F3N4O2/c1-18-10(16-9(17-18)11(12,13)14)15-8(20)6-4-2-3-5-7(6)19/h2-5,19H,1H3,(H,15,16,17,20). The van der Waals surface area contributed by atoms with Crippen molar-refractivity contribution in [3.63, 3.8) is 0 Å². The molecule has 1 aromatic carbocycles. The predicted octanol–water partition coefficient (Wildman–Crippen LogP) is 1.79. The van der Waals surface area contributed by atoms with Crippen LogP contribution in [0, 0.1) is 0 Å². The maximum absolute atomic E-state index is 12.4. The van der Waals surface area contributed by atoms with Crippen LogP contribution in [0.5, 0.6) is 5.75 Å². The number of carbonyl (C=O) groups excluding carboxylic acids is 1. The van der Waals surface area contributed by atoms with E-state index < -0.39 is 17.9 Å². The number of nitrogens with zero attached hydrogens (tertiary/aromatic N) is 3. The lowest BCUT2D eigenvalue weighted by Crippen LogP contribution is -2.15. The van der Waals surface area contributed by atoms with Crippen LogP contribution in [-0.4, -0.2) is 25.8 Å². The number of nitrogens with one attached hydrogen (secondary N) is 1. The zero-order valence-electron chi connectivity index (χ0n) is 10.1. The fourth-order valence-electron chi connectivity index (χ4n) is 1.45. The Labute approximate surface area is 110 Å². The first-order chi connectivity index (χ1) is 9.29. The molecule has 2 rings (SSSR count). The highest BCUT2D eigenvalue weighted by Crippen LogP contribution is 2.27. The van der Waals surface area contributed by atoms with Gasteiger partial charge in [0.15, 0.2) is 0 Å². The summed E-state index contributed by atoms with van der Waals surface area (Å²) in [5.74, 6) is -2.80. The van der Waals surface area contributed by atoms with Gasteiger partial charge >= 0.3 is 6.18 Å². The molecule has 0 saturated heterocycles. The molecule has 0 radical (unpaired) electrons. The molecule has 9 heteroatoms. The quantitative estimate of drug-likeness (QED) is 0.882. The lowest BCUT2D eigenvalue weighted by Gasteiger charge is -2.05. The van der Waals surface area contributed by atoms with Gasteiger partial charge in [0.05, 0.1) is 5.56 Å². The molecule has 106 valence electrons. The molecule has 20 heavy (non-hydrogen) atoms. The number of phenols is 1. The SMILES string of the molecule is Cn1nc(C(F)(F)F)nc1NC(=O)c1ccccc1O. The Morgan fingerprint density at radius 3 is 2.55 bits per heavy atom. The second-order valence-corrected chi connectivity index (χ2v) is 3.85. The summed E-state index contributed by atoms with van der Waals surface area (Å²) in [6.45, 7) is 0. The van der Waals surface area contributed by atoms with Crippen LogP contribution in [0.15, 0.2) is 24.3 Å². The number of aromatic nitrogens is 3. The van der Waals surface area contributed by atoms with Crippen molar-refractivity contribution >= 4 is 11.9 Å². The van der Waals surface area contributed by atoms with Crippen molar-refractivity contribution in [3.8, 4) is 5.75 Å². The molecule has 0 aliphatic rings. The van der Waals surface area contributed by atoms with Crippen molar-refractivity contribution in [2.24, 2.45) is 7.05 Å². The van der Waals surface area contributed by atoms with Gasteiger partial charge < -0.3 is 5.11 Å². The number of benzene rings is 1. The number of para-hydroxylation sites is 1. The molecule has 2 N–H and O–H groups in total. The number of halogens is 3. The molecule has 0 aliphatic heterocycles. The number of hydrogen-bond acceptors (Lipinski definition) is 4. The number of amides is 1. The number of phenolic OH excluding ortho intramolecular Hbond substituents is 1. The highest BCUT2D eigenvalue weighted by atomic mass is 19.4. The second-order valence-electron chi connectivity index (χ2n) is 3.85. The molecular formula is C11H9F3N4O2. The first-order valence-electron chi connectivity index (χ1n) is 5.36. The van der Waals surface area contributed by atoms with E-state index in [9.17, 15) is 23.1 Å². The highest BCUT2D eigenvalue weighted by molar-refractivity contribution is 6.05. The summed E-state index contributed by atoms with van der Waals surface area (Å²) in [5.41, 5.74) is -0.0796. The lowest BCUT2D eigenvalue weighted by atomic mass is 10.2. The van der Waals surface area contributed by atoms with E-state index in [-0.39, 0.29) is 17.3 Å². The number of hydrogen-bond donors (Lipinski definition) is 2. The molecule has 0 atom stereocenters. The summed E-state index contributed by atoms with van der Waals surface area (Å²) in [6.07, 6.45) is -4.70. The second kappa shape index (κ2) is 4.83. The minimum atomic E-state index is -4.70. The molecule has 0 aliphatic carbocycles. The molecule has 6 nitrogen and oxygen atoms in total. The summed E-state index contributed by atoms with van der Waals surface area (Å²) in [6, 6.07) is 5.63. The van der Waals surface area contributed by atoms with Gasteiger partial charge in [-0.05, 0) is 12.1 Å². The molecule has 0 fully saturated rings. The van der Waals surface area contributed by atoms with Crippen LogP contribution in [0.4, 0.5) is 19.1 Å². The minimum Gasteiger partial charge on any atom is -0.507 e. The normalized spacial score (nSPS) is 11.4. The van der Waals surface area contributed by atoms with Gasteiger partial charge in [0.1, 0.15) is 5.75 Å². The van der Waals surface area contributed by atoms with Crippen LogP contribution in [-0.2, 0) is 13.2 Å². The number of anilines is 1. The van der Waals surface area contributed by atoms with Gasteiger partial charge in [-0.2, -0.15) is 18.2 Å². The van der Waals surface area contributed by atoms with E-state index in [1.807, 2.05) is 0 Å². The molecule has 1 amide bonds. The van der Waals surface area contributed by atoms with Gasteiger partial charge in [0.2, 0.25) is 5.95 Å². The Morgan fingerprint density at radius 1 is 1.35 bits per heavy atom. The maximum atomic E-state index is 12.4. The topological polar surface area (TPSA) is 80.0 Å². The average molecular weight is 286 g/mol. The highest BCUT2D eigenvalue weighted by Gasteiger charge is 2.37. The molecule has 1 aromatic heterocycles. The number of aryl methyl sites for hydroxylation is 1. The van der Waals surface area contributed by atoms with E-state index in [2.05, 4.69) is 15.4 Å². The molecule has 0 spiro atoms. The summed E-state index contributed by atoms with van der Waals surface area (Å²) < 4.78 is 38.0. The monoisotopic (exact) mass is 286 g/mol. The fourth-order valence-corrected chi connectivity index (χ4v) is 1.45. The van der Waals surface area contributed by atoms with Gasteiger partial charge in [-0.3, -0.25) is 10.1 Å². The largest absolute Gasteiger partial charge is 0.507 e. The summed E-state index contributed by atoms with van der Waals surface area (Å²) in [4.78, 5) is 15.0. The number of alkyl halides is 3. The van der Waals surface area contributed by atoms with Crippen LogP contribution < -0.4 is 5.32 Å². The average Bonchev–Trinajstić information content (AvgIpc) is 2.71. The molecular weight excluding hydrogens is 277 g/mol. The third-order valence-electron chi connectivity index (χ3n) is 2.39. The van der Waals surface area contributed by atoms with E-state index in [0.29, 0.717) is 0 Å². The van der Waals surface area contributed by atoms with E-state index in [4.69, 9.17) is 0 Å². The zero-order chi connectivity index (χ0) is 14.9. The third-order valence-corrected chi connectivity index (χ3v) is 2.39. The van der Waals surface area contributed by atoms with Crippen LogP contribution >= 0.6 is 0 Å². The summed E-state index contributed by atoms with van der Waals surface area (Å²) >= 11 is 0. The van der Waals surface area contributed by atoms with E-state index in [1.165, 1.54) is 31.3 Å². The third kappa shape index (κ3) is 2.71. The van der Waals surface area contributed by atoms with Crippen LogP contribution in [0.3, 0.4) is 0 Å². The predicted molar refractivity (Wildman–Crippen MR) is 62.1 cm³/mol. The summed E-state index contributed by atoms with van der Waals surface area (Å²) in [7, 11) is 1.21. The van der Waals surface area contributed by atoms with Crippen molar-refractivity contribution in [3.05, 3.63) is 35.7 Å². The Morgan fingerprint density at radius 2 is 2.00 bits per heavy atom. The van der Waals surface area contributed by atoms with Gasteiger partial charge in [0.25, 0.3) is 11.7 Å². The Kier molecular flexibility index (Phi) is 3.35. The maximum Gasteiger partial charge on any atom is 0.453 e. The Balaban J connectivity index is 2.25. The summed E-state index contributed by atoms with van der Waals surface area (Å²) in [5, 5.41) is 14.8.